The zero-order valence-electron chi connectivity index (χ0n) is 28.6. The van der Waals surface area contributed by atoms with Gasteiger partial charge >= 0.3 is 11.9 Å². The van der Waals surface area contributed by atoms with Gasteiger partial charge < -0.3 is 18.9 Å². The Morgan fingerprint density at radius 2 is 0.545 bits per heavy atom. The van der Waals surface area contributed by atoms with E-state index < -0.39 is 0 Å². The molecule has 258 valence electrons. The Labute approximate surface area is 271 Å². The first-order valence-corrected chi connectivity index (χ1v) is 19.3. The molecule has 2 atom stereocenters. The molecule has 0 radical (unpaired) electrons. The molecule has 2 aliphatic heterocycles. The summed E-state index contributed by atoms with van der Waals surface area (Å²) in [7, 11) is 0. The molecule has 2 aliphatic rings. The molecule has 0 aromatic rings. The lowest BCUT2D eigenvalue weighted by atomic mass is 10.0. The first-order valence-electron chi connectivity index (χ1n) is 19.3. The summed E-state index contributed by atoms with van der Waals surface area (Å²) >= 11 is 0. The lowest BCUT2D eigenvalue weighted by Crippen LogP contribution is -2.09. The molecule has 2 rings (SSSR count). The lowest BCUT2D eigenvalue weighted by Gasteiger charge is -2.05. The number of ether oxygens (including phenoxy) is 4. The number of hydrogen-bond donors (Lipinski definition) is 0. The summed E-state index contributed by atoms with van der Waals surface area (Å²) in [5, 5.41) is 0. The van der Waals surface area contributed by atoms with E-state index >= 15 is 0 Å². The molecule has 0 spiro atoms. The summed E-state index contributed by atoms with van der Waals surface area (Å²) < 4.78 is 20.4. The number of carbonyl (C=O) groups is 2. The third kappa shape index (κ3) is 28.3. The van der Waals surface area contributed by atoms with Crippen LogP contribution in [0.25, 0.3) is 0 Å². The van der Waals surface area contributed by atoms with Gasteiger partial charge in [0.2, 0.25) is 0 Å². The van der Waals surface area contributed by atoms with E-state index in [2.05, 4.69) is 0 Å². The zero-order valence-corrected chi connectivity index (χ0v) is 28.6. The van der Waals surface area contributed by atoms with Crippen molar-refractivity contribution in [2.45, 2.75) is 205 Å². The molecule has 0 saturated carbocycles. The van der Waals surface area contributed by atoms with Crippen LogP contribution in [0.2, 0.25) is 0 Å². The standard InChI is InChI=1S/C38H70O6/c39-37(43-33-35-31-41-35)29-27-25-23-21-19-17-15-13-11-9-7-5-3-1-2-4-6-8-10-12-14-16-18-20-22-24-26-28-30-38(40)44-34-36-32-42-36/h35-36H,1-34H2. The molecule has 0 N–H and O–H groups in total. The maximum Gasteiger partial charge on any atom is 0.305 e. The van der Waals surface area contributed by atoms with Crippen LogP contribution in [0.15, 0.2) is 0 Å². The molecule has 0 bridgehead atoms. The Hall–Kier alpha value is -1.14. The van der Waals surface area contributed by atoms with Crippen LogP contribution in [0.3, 0.4) is 0 Å². The van der Waals surface area contributed by atoms with Gasteiger partial charge in [0.25, 0.3) is 0 Å². The number of epoxide rings is 2. The van der Waals surface area contributed by atoms with Gasteiger partial charge in [-0.15, -0.1) is 0 Å². The Kier molecular flexibility index (Phi) is 26.0. The van der Waals surface area contributed by atoms with Gasteiger partial charge in [-0.25, -0.2) is 0 Å². The van der Waals surface area contributed by atoms with Gasteiger partial charge in [0.05, 0.1) is 13.2 Å². The molecule has 0 aromatic heterocycles. The smallest absolute Gasteiger partial charge is 0.305 e. The maximum absolute atomic E-state index is 11.6. The zero-order chi connectivity index (χ0) is 31.2. The van der Waals surface area contributed by atoms with Crippen LogP contribution in [-0.4, -0.2) is 50.6 Å². The highest BCUT2D eigenvalue weighted by molar-refractivity contribution is 5.69. The van der Waals surface area contributed by atoms with Crippen LogP contribution in [-0.2, 0) is 28.5 Å². The van der Waals surface area contributed by atoms with Crippen molar-refractivity contribution in [3.8, 4) is 0 Å². The lowest BCUT2D eigenvalue weighted by molar-refractivity contribution is -0.145. The summed E-state index contributed by atoms with van der Waals surface area (Å²) in [4.78, 5) is 23.1. The molecule has 2 heterocycles. The molecular formula is C38H70O6. The van der Waals surface area contributed by atoms with Crippen LogP contribution in [0, 0.1) is 0 Å². The van der Waals surface area contributed by atoms with E-state index in [-0.39, 0.29) is 24.1 Å². The van der Waals surface area contributed by atoms with Crippen LogP contribution < -0.4 is 0 Å². The number of carbonyl (C=O) groups excluding carboxylic acids is 2. The maximum atomic E-state index is 11.6. The van der Waals surface area contributed by atoms with Crippen molar-refractivity contribution in [1.82, 2.24) is 0 Å². The van der Waals surface area contributed by atoms with E-state index in [4.69, 9.17) is 18.9 Å². The second-order valence-electron chi connectivity index (χ2n) is 13.7. The minimum Gasteiger partial charge on any atom is -0.463 e. The normalized spacial score (nSPS) is 17.1. The Morgan fingerprint density at radius 3 is 0.727 bits per heavy atom. The van der Waals surface area contributed by atoms with Crippen LogP contribution in [0.5, 0.6) is 0 Å². The fraction of sp³-hybridized carbons (Fsp3) is 0.947. The van der Waals surface area contributed by atoms with E-state index in [9.17, 15) is 9.59 Å². The van der Waals surface area contributed by atoms with Crippen molar-refractivity contribution >= 4 is 11.9 Å². The van der Waals surface area contributed by atoms with E-state index in [1.54, 1.807) is 0 Å². The summed E-state index contributed by atoms with van der Waals surface area (Å²) in [6.45, 7) is 2.40. The first-order chi connectivity index (χ1) is 21.7. The number of hydrogen-bond acceptors (Lipinski definition) is 6. The molecule has 44 heavy (non-hydrogen) atoms. The largest absolute Gasteiger partial charge is 0.463 e. The number of esters is 2. The van der Waals surface area contributed by atoms with E-state index in [0.29, 0.717) is 26.1 Å². The van der Waals surface area contributed by atoms with Gasteiger partial charge in [0.1, 0.15) is 25.4 Å². The third-order valence-corrected chi connectivity index (χ3v) is 9.18. The number of rotatable bonds is 35. The van der Waals surface area contributed by atoms with Gasteiger partial charge in [-0.1, -0.05) is 167 Å². The molecule has 6 nitrogen and oxygen atoms in total. The summed E-state index contributed by atoms with van der Waals surface area (Å²) in [6.07, 6.45) is 39.1. The Bertz CT molecular complexity index is 604. The fourth-order valence-corrected chi connectivity index (χ4v) is 5.98. The monoisotopic (exact) mass is 623 g/mol. The van der Waals surface area contributed by atoms with Crippen LogP contribution in [0.1, 0.15) is 193 Å². The third-order valence-electron chi connectivity index (χ3n) is 9.18. The van der Waals surface area contributed by atoms with Crippen molar-refractivity contribution in [2.24, 2.45) is 0 Å². The van der Waals surface area contributed by atoms with Crippen molar-refractivity contribution in [1.29, 1.82) is 0 Å². The number of unbranched alkanes of at least 4 members (excludes halogenated alkanes) is 27. The van der Waals surface area contributed by atoms with Gasteiger partial charge in [-0.3, -0.25) is 9.59 Å². The van der Waals surface area contributed by atoms with Crippen LogP contribution >= 0.6 is 0 Å². The molecule has 0 aromatic carbocycles. The van der Waals surface area contributed by atoms with Crippen molar-refractivity contribution < 1.29 is 28.5 Å². The first kappa shape index (κ1) is 39.0. The highest BCUT2D eigenvalue weighted by Crippen LogP contribution is 2.17. The molecule has 6 heteroatoms. The van der Waals surface area contributed by atoms with E-state index in [1.165, 1.54) is 154 Å². The van der Waals surface area contributed by atoms with Crippen molar-refractivity contribution in [3.05, 3.63) is 0 Å². The molecule has 2 fully saturated rings. The summed E-state index contributed by atoms with van der Waals surface area (Å²) in [5.41, 5.74) is 0. The van der Waals surface area contributed by atoms with Gasteiger partial charge in [0, 0.05) is 12.8 Å². The molecule has 0 amide bonds. The highest BCUT2D eigenvalue weighted by Gasteiger charge is 2.24. The van der Waals surface area contributed by atoms with E-state index in [0.717, 1.165) is 38.9 Å². The predicted molar refractivity (Wildman–Crippen MR) is 180 cm³/mol. The Balaban J connectivity index is 1.12. The molecule has 2 saturated heterocycles. The fourth-order valence-electron chi connectivity index (χ4n) is 5.98. The summed E-state index contributed by atoms with van der Waals surface area (Å²) in [6, 6.07) is 0. The molecule has 0 aliphatic carbocycles. The van der Waals surface area contributed by atoms with Gasteiger partial charge in [-0.2, -0.15) is 0 Å². The quantitative estimate of drug-likeness (QED) is 0.0397. The predicted octanol–water partition coefficient (Wildman–Crippen LogP) is 10.6. The second-order valence-corrected chi connectivity index (χ2v) is 13.7. The van der Waals surface area contributed by atoms with Gasteiger partial charge in [0.15, 0.2) is 0 Å². The Morgan fingerprint density at radius 1 is 0.364 bits per heavy atom. The average Bonchev–Trinajstić information content (AvgIpc) is 3.96. The highest BCUT2D eigenvalue weighted by atomic mass is 16.6. The average molecular weight is 623 g/mol. The van der Waals surface area contributed by atoms with Crippen molar-refractivity contribution in [2.75, 3.05) is 26.4 Å². The topological polar surface area (TPSA) is 77.7 Å². The van der Waals surface area contributed by atoms with Gasteiger partial charge in [-0.05, 0) is 12.8 Å². The second kappa shape index (κ2) is 29.3. The van der Waals surface area contributed by atoms with E-state index in [1.807, 2.05) is 0 Å². The SMILES string of the molecule is O=C(CCCCCCCCCCCCCCCCCCCCCCCCCCCCCCC(=O)OCC1CO1)OCC1CO1. The molecular weight excluding hydrogens is 552 g/mol. The minimum absolute atomic E-state index is 0.0576. The molecule has 2 unspecified atom stereocenters. The summed E-state index contributed by atoms with van der Waals surface area (Å²) in [5.74, 6) is -0.115. The minimum atomic E-state index is -0.0576. The van der Waals surface area contributed by atoms with Crippen molar-refractivity contribution in [3.63, 3.8) is 0 Å². The van der Waals surface area contributed by atoms with Crippen LogP contribution in [0.4, 0.5) is 0 Å².